The predicted molar refractivity (Wildman–Crippen MR) is 147 cm³/mol. The fourth-order valence-corrected chi connectivity index (χ4v) is 5.73. The number of likely N-dealkylation sites (tertiary alicyclic amines) is 1. The number of nitrogen functional groups attached to an aromatic ring is 1. The van der Waals surface area contributed by atoms with E-state index < -0.39 is 11.7 Å². The highest BCUT2D eigenvalue weighted by atomic mass is 35.5. The van der Waals surface area contributed by atoms with Gasteiger partial charge in [-0.15, -0.1) is 0 Å². The van der Waals surface area contributed by atoms with Crippen LogP contribution in [0.3, 0.4) is 0 Å². The van der Waals surface area contributed by atoms with Crippen LogP contribution < -0.4 is 20.7 Å². The average molecular weight is 575 g/mol. The average Bonchev–Trinajstić information content (AvgIpc) is 3.30. The van der Waals surface area contributed by atoms with Gasteiger partial charge in [0.15, 0.2) is 0 Å². The minimum Gasteiger partial charge on any atom is -0.462 e. The fourth-order valence-electron chi connectivity index (χ4n) is 5.48. The number of pyridine rings is 1. The zero-order valence-electron chi connectivity index (χ0n) is 22.2. The molecular weight excluding hydrogens is 545 g/mol. The van der Waals surface area contributed by atoms with E-state index in [1.165, 1.54) is 19.1 Å². The molecule has 0 unspecified atom stereocenters. The van der Waals surface area contributed by atoms with E-state index in [0.29, 0.717) is 49.4 Å². The van der Waals surface area contributed by atoms with Crippen LogP contribution in [0, 0.1) is 18.3 Å². The largest absolute Gasteiger partial charge is 0.462 e. The van der Waals surface area contributed by atoms with Crippen LogP contribution in [-0.2, 0) is 6.18 Å². The molecular formula is C27H30ClF3N8O. The van der Waals surface area contributed by atoms with E-state index in [0.717, 1.165) is 19.4 Å². The maximum Gasteiger partial charge on any atom is 0.418 e. The minimum atomic E-state index is -4.67. The Kier molecular flexibility index (Phi) is 7.90. The van der Waals surface area contributed by atoms with Crippen molar-refractivity contribution in [1.82, 2.24) is 25.2 Å². The number of piperazine rings is 1. The Morgan fingerprint density at radius 3 is 2.73 bits per heavy atom. The molecule has 2 atom stereocenters. The van der Waals surface area contributed by atoms with Gasteiger partial charge in [0.25, 0.3) is 0 Å². The van der Waals surface area contributed by atoms with Crippen LogP contribution in [0.25, 0.3) is 22.2 Å². The molecule has 13 heteroatoms. The molecule has 0 bridgehead atoms. The lowest BCUT2D eigenvalue weighted by atomic mass is 9.99. The summed E-state index contributed by atoms with van der Waals surface area (Å²) in [7, 11) is 2.04. The van der Waals surface area contributed by atoms with Crippen LogP contribution >= 0.6 is 11.6 Å². The predicted octanol–water partition coefficient (Wildman–Crippen LogP) is 4.42. The van der Waals surface area contributed by atoms with Crippen molar-refractivity contribution in [2.45, 2.75) is 44.4 Å². The molecule has 3 aromatic rings. The number of anilines is 2. The highest BCUT2D eigenvalue weighted by Gasteiger charge is 2.37. The zero-order chi connectivity index (χ0) is 28.6. The molecule has 9 nitrogen and oxygen atoms in total. The molecule has 2 saturated heterocycles. The lowest BCUT2D eigenvalue weighted by molar-refractivity contribution is -0.137. The van der Waals surface area contributed by atoms with Crippen molar-refractivity contribution in [2.24, 2.45) is 0 Å². The lowest BCUT2D eigenvalue weighted by Crippen LogP contribution is -2.51. The molecule has 0 radical (unpaired) electrons. The Morgan fingerprint density at radius 1 is 1.23 bits per heavy atom. The number of alkyl halides is 3. The summed E-state index contributed by atoms with van der Waals surface area (Å²) in [5.41, 5.74) is 4.97. The summed E-state index contributed by atoms with van der Waals surface area (Å²) in [6.45, 7) is 4.45. The summed E-state index contributed by atoms with van der Waals surface area (Å²) >= 11 is 6.64. The quantitative estimate of drug-likeness (QED) is 0.441. The SMILES string of the molecule is Cc1cc(N)nc(-c2cc3nc(OC[C@@H]4CCCN4C)nc(N4CCN[C@@H](CC#N)C4)c3cc2Cl)c1C(F)(F)F. The Labute approximate surface area is 235 Å². The second kappa shape index (κ2) is 11.2. The van der Waals surface area contributed by atoms with Crippen LogP contribution in [0.2, 0.25) is 5.02 Å². The van der Waals surface area contributed by atoms with Gasteiger partial charge in [0.2, 0.25) is 0 Å². The number of nitriles is 1. The molecule has 2 fully saturated rings. The fraction of sp³-hybridized carbons (Fsp3) is 0.481. The molecule has 40 heavy (non-hydrogen) atoms. The van der Waals surface area contributed by atoms with Gasteiger partial charge in [-0.1, -0.05) is 11.6 Å². The topological polar surface area (TPSA) is 116 Å². The Bertz CT molecular complexity index is 1460. The summed E-state index contributed by atoms with van der Waals surface area (Å²) in [5, 5.41) is 13.2. The number of ether oxygens (including phenoxy) is 1. The number of aryl methyl sites for hydroxylation is 1. The number of nitrogens with two attached hydrogens (primary N) is 1. The van der Waals surface area contributed by atoms with Crippen LogP contribution in [-0.4, -0.2) is 71.8 Å². The monoisotopic (exact) mass is 574 g/mol. The molecule has 1 aromatic carbocycles. The summed E-state index contributed by atoms with van der Waals surface area (Å²) < 4.78 is 48.4. The smallest absolute Gasteiger partial charge is 0.418 e. The van der Waals surface area contributed by atoms with Gasteiger partial charge in [-0.3, -0.25) is 0 Å². The van der Waals surface area contributed by atoms with E-state index in [9.17, 15) is 18.4 Å². The maximum absolute atomic E-state index is 14.1. The number of halogens is 4. The highest BCUT2D eigenvalue weighted by Crippen LogP contribution is 2.43. The normalized spacial score (nSPS) is 20.2. The first-order chi connectivity index (χ1) is 19.0. The van der Waals surface area contributed by atoms with E-state index in [1.807, 2.05) is 11.9 Å². The van der Waals surface area contributed by atoms with Crippen LogP contribution in [0.5, 0.6) is 6.01 Å². The van der Waals surface area contributed by atoms with Gasteiger partial charge in [-0.2, -0.15) is 28.4 Å². The van der Waals surface area contributed by atoms with Gasteiger partial charge in [-0.05, 0) is 57.1 Å². The number of rotatable bonds is 6. The number of fused-ring (bicyclic) bond motifs is 1. The van der Waals surface area contributed by atoms with Crippen LogP contribution in [0.1, 0.15) is 30.4 Å². The number of likely N-dealkylation sites (N-methyl/N-ethyl adjacent to an activating group) is 1. The number of nitrogens with one attached hydrogen (secondary N) is 1. The summed E-state index contributed by atoms with van der Waals surface area (Å²) in [4.78, 5) is 17.6. The number of hydrogen-bond donors (Lipinski definition) is 2. The minimum absolute atomic E-state index is 0.0471. The standard InChI is InChI=1S/C27H30ClF3N8O/c1-15-10-22(33)36-24(23(15)27(29,30)31)18-12-21-19(11-20(18)28)25(39-9-7-34-16(13-39)5-6-32)37-26(35-21)40-14-17-4-3-8-38(17)2/h10-12,16-17,34H,3-5,7-9,13-14H2,1-2H3,(H2,33,36)/t16-,17-/m0/s1. The van der Waals surface area contributed by atoms with Crippen molar-refractivity contribution in [3.63, 3.8) is 0 Å². The van der Waals surface area contributed by atoms with Crippen LogP contribution in [0.15, 0.2) is 18.2 Å². The second-order valence-electron chi connectivity index (χ2n) is 10.3. The molecule has 3 N–H and O–H groups in total. The molecule has 0 aliphatic carbocycles. The number of benzene rings is 1. The van der Waals surface area contributed by atoms with Crippen molar-refractivity contribution in [3.8, 4) is 23.3 Å². The number of hydrogen-bond acceptors (Lipinski definition) is 9. The highest BCUT2D eigenvalue weighted by molar-refractivity contribution is 6.34. The van der Waals surface area contributed by atoms with E-state index in [2.05, 4.69) is 26.3 Å². The first-order valence-corrected chi connectivity index (χ1v) is 13.5. The van der Waals surface area contributed by atoms with Gasteiger partial charge in [0.1, 0.15) is 18.2 Å². The molecule has 2 aliphatic heterocycles. The lowest BCUT2D eigenvalue weighted by Gasteiger charge is -2.34. The van der Waals surface area contributed by atoms with Gasteiger partial charge in [0.05, 0.1) is 34.3 Å². The van der Waals surface area contributed by atoms with Crippen molar-refractivity contribution >= 4 is 34.1 Å². The molecule has 5 rings (SSSR count). The van der Waals surface area contributed by atoms with Gasteiger partial charge in [-0.25, -0.2) is 4.98 Å². The Hall–Kier alpha value is -3.40. The summed E-state index contributed by atoms with van der Waals surface area (Å²) in [6, 6.07) is 6.72. The first-order valence-electron chi connectivity index (χ1n) is 13.1. The van der Waals surface area contributed by atoms with Crippen molar-refractivity contribution in [2.75, 3.05) is 50.5 Å². The third-order valence-electron chi connectivity index (χ3n) is 7.49. The van der Waals surface area contributed by atoms with Crippen molar-refractivity contribution < 1.29 is 17.9 Å². The third-order valence-corrected chi connectivity index (χ3v) is 7.80. The Balaban J connectivity index is 1.64. The van der Waals surface area contributed by atoms with Crippen molar-refractivity contribution in [3.05, 3.63) is 34.3 Å². The van der Waals surface area contributed by atoms with E-state index in [4.69, 9.17) is 27.1 Å². The first kappa shape index (κ1) is 28.1. The molecule has 0 saturated carbocycles. The molecule has 4 heterocycles. The molecule has 2 aliphatic rings. The van der Waals surface area contributed by atoms with E-state index in [1.54, 1.807) is 6.07 Å². The number of aromatic nitrogens is 3. The van der Waals surface area contributed by atoms with E-state index >= 15 is 0 Å². The Morgan fingerprint density at radius 2 is 2.02 bits per heavy atom. The van der Waals surface area contributed by atoms with Crippen molar-refractivity contribution in [1.29, 1.82) is 5.26 Å². The molecule has 212 valence electrons. The molecule has 2 aromatic heterocycles. The second-order valence-corrected chi connectivity index (χ2v) is 10.7. The summed E-state index contributed by atoms with van der Waals surface area (Å²) in [5.74, 6) is 0.500. The molecule has 0 amide bonds. The number of nitrogens with zero attached hydrogens (tertiary/aromatic N) is 6. The van der Waals surface area contributed by atoms with Crippen LogP contribution in [0.4, 0.5) is 24.8 Å². The van der Waals surface area contributed by atoms with Gasteiger partial charge < -0.3 is 25.6 Å². The van der Waals surface area contributed by atoms with Gasteiger partial charge >= 0.3 is 12.2 Å². The zero-order valence-corrected chi connectivity index (χ0v) is 23.0. The summed E-state index contributed by atoms with van der Waals surface area (Å²) in [6.07, 6.45) is -2.29. The maximum atomic E-state index is 14.1. The third kappa shape index (κ3) is 5.73. The van der Waals surface area contributed by atoms with Gasteiger partial charge in [0, 0.05) is 42.7 Å². The van der Waals surface area contributed by atoms with E-state index in [-0.39, 0.29) is 45.8 Å². The molecule has 0 spiro atoms.